The molecule has 0 amide bonds. The Hall–Kier alpha value is -2.58. The van der Waals surface area contributed by atoms with Crippen molar-refractivity contribution >= 4 is 28.2 Å². The van der Waals surface area contributed by atoms with Gasteiger partial charge in [-0.25, -0.2) is 19.9 Å². The molecule has 0 aliphatic carbocycles. The van der Waals surface area contributed by atoms with Crippen LogP contribution in [0.2, 0.25) is 0 Å². The number of aromatic nitrogens is 4. The molecular weight excluding hydrogens is 406 g/mol. The van der Waals surface area contributed by atoms with Gasteiger partial charge < -0.3 is 10.2 Å². The number of rotatable bonds is 6. The van der Waals surface area contributed by atoms with Crippen LogP contribution in [0.15, 0.2) is 36.7 Å². The highest BCUT2D eigenvalue weighted by molar-refractivity contribution is 7.15. The summed E-state index contributed by atoms with van der Waals surface area (Å²) in [5.41, 5.74) is 2.30. The van der Waals surface area contributed by atoms with Crippen LogP contribution in [-0.4, -0.2) is 51.0 Å². The Morgan fingerprint density at radius 3 is 2.65 bits per heavy atom. The van der Waals surface area contributed by atoms with Crippen LogP contribution in [0.3, 0.4) is 0 Å². The molecule has 1 N–H and O–H groups in total. The van der Waals surface area contributed by atoms with Gasteiger partial charge in [0.15, 0.2) is 5.13 Å². The van der Waals surface area contributed by atoms with E-state index in [0.717, 1.165) is 68.2 Å². The average molecular weight is 436 g/mol. The first-order valence-electron chi connectivity index (χ1n) is 11.2. The highest BCUT2D eigenvalue weighted by atomic mass is 32.1. The van der Waals surface area contributed by atoms with E-state index in [1.165, 1.54) is 23.4 Å². The van der Waals surface area contributed by atoms with Gasteiger partial charge in [-0.3, -0.25) is 4.90 Å². The summed E-state index contributed by atoms with van der Waals surface area (Å²) in [6.45, 7) is 7.26. The van der Waals surface area contributed by atoms with Crippen molar-refractivity contribution in [1.29, 1.82) is 0 Å². The number of piperidine rings is 1. The maximum Gasteiger partial charge on any atom is 0.225 e. The van der Waals surface area contributed by atoms with E-state index < -0.39 is 0 Å². The lowest BCUT2D eigenvalue weighted by molar-refractivity contribution is 0.201. The van der Waals surface area contributed by atoms with Crippen molar-refractivity contribution in [3.05, 3.63) is 52.9 Å². The Bertz CT molecular complexity index is 1010. The minimum absolute atomic E-state index is 0.501. The molecule has 2 aliphatic rings. The molecule has 0 spiro atoms. The van der Waals surface area contributed by atoms with Crippen molar-refractivity contribution in [2.75, 3.05) is 36.4 Å². The molecule has 2 fully saturated rings. The molecule has 2 aliphatic heterocycles. The molecule has 0 atom stereocenters. The lowest BCUT2D eigenvalue weighted by Gasteiger charge is -2.31. The first-order valence-corrected chi connectivity index (χ1v) is 12.0. The zero-order valence-electron chi connectivity index (χ0n) is 18.0. The van der Waals surface area contributed by atoms with Crippen LogP contribution >= 0.6 is 11.3 Å². The predicted molar refractivity (Wildman–Crippen MR) is 125 cm³/mol. The van der Waals surface area contributed by atoms with E-state index in [1.54, 1.807) is 11.3 Å². The Labute approximate surface area is 187 Å². The van der Waals surface area contributed by atoms with Crippen LogP contribution in [0.4, 0.5) is 16.9 Å². The third kappa shape index (κ3) is 5.02. The SMILES string of the molecule is Cc1cnc(Nc2cccc(C3CCN(Cc4ccnc(N5CCCC5)n4)CC3)n2)s1. The van der Waals surface area contributed by atoms with Gasteiger partial charge in [0.1, 0.15) is 5.82 Å². The van der Waals surface area contributed by atoms with E-state index in [1.807, 2.05) is 18.5 Å². The molecule has 3 aromatic rings. The molecule has 5 rings (SSSR count). The third-order valence-electron chi connectivity index (χ3n) is 6.11. The minimum Gasteiger partial charge on any atom is -0.341 e. The van der Waals surface area contributed by atoms with Gasteiger partial charge in [-0.05, 0) is 63.9 Å². The Kier molecular flexibility index (Phi) is 6.08. The van der Waals surface area contributed by atoms with Crippen molar-refractivity contribution in [2.24, 2.45) is 0 Å². The van der Waals surface area contributed by atoms with Gasteiger partial charge in [-0.15, -0.1) is 11.3 Å². The Balaban J connectivity index is 1.17. The van der Waals surface area contributed by atoms with E-state index >= 15 is 0 Å². The molecule has 5 heterocycles. The summed E-state index contributed by atoms with van der Waals surface area (Å²) < 4.78 is 0. The van der Waals surface area contributed by atoms with E-state index in [4.69, 9.17) is 9.97 Å². The fourth-order valence-electron chi connectivity index (χ4n) is 4.43. The number of hydrogen-bond donors (Lipinski definition) is 1. The number of pyridine rings is 1. The fourth-order valence-corrected chi connectivity index (χ4v) is 5.10. The summed E-state index contributed by atoms with van der Waals surface area (Å²) in [6, 6.07) is 8.33. The quantitative estimate of drug-likeness (QED) is 0.617. The van der Waals surface area contributed by atoms with Gasteiger partial charge in [0.05, 0.1) is 5.69 Å². The Morgan fingerprint density at radius 1 is 1.03 bits per heavy atom. The smallest absolute Gasteiger partial charge is 0.225 e. The zero-order chi connectivity index (χ0) is 21.0. The average Bonchev–Trinajstić information content (AvgIpc) is 3.47. The summed E-state index contributed by atoms with van der Waals surface area (Å²) in [6.07, 6.45) is 8.53. The molecule has 2 saturated heterocycles. The normalized spacial score (nSPS) is 17.9. The van der Waals surface area contributed by atoms with Crippen LogP contribution in [0, 0.1) is 6.92 Å². The number of hydrogen-bond acceptors (Lipinski definition) is 8. The van der Waals surface area contributed by atoms with E-state index in [0.29, 0.717) is 5.92 Å². The second-order valence-electron chi connectivity index (χ2n) is 8.44. The van der Waals surface area contributed by atoms with Crippen molar-refractivity contribution in [3.63, 3.8) is 0 Å². The number of thiazole rings is 1. The van der Waals surface area contributed by atoms with Crippen molar-refractivity contribution < 1.29 is 0 Å². The van der Waals surface area contributed by atoms with Gasteiger partial charge in [0.25, 0.3) is 0 Å². The third-order valence-corrected chi connectivity index (χ3v) is 6.94. The number of likely N-dealkylation sites (tertiary alicyclic amines) is 1. The van der Waals surface area contributed by atoms with Crippen LogP contribution < -0.4 is 10.2 Å². The Morgan fingerprint density at radius 2 is 1.87 bits per heavy atom. The van der Waals surface area contributed by atoms with Crippen molar-refractivity contribution in [1.82, 2.24) is 24.8 Å². The molecule has 8 heteroatoms. The van der Waals surface area contributed by atoms with Gasteiger partial charge in [0, 0.05) is 48.5 Å². The highest BCUT2D eigenvalue weighted by Gasteiger charge is 2.23. The van der Waals surface area contributed by atoms with Crippen molar-refractivity contribution in [3.8, 4) is 0 Å². The largest absolute Gasteiger partial charge is 0.341 e. The second-order valence-corrected chi connectivity index (χ2v) is 9.68. The van der Waals surface area contributed by atoms with Gasteiger partial charge >= 0.3 is 0 Å². The molecule has 0 radical (unpaired) electrons. The molecule has 0 saturated carbocycles. The molecule has 7 nitrogen and oxygen atoms in total. The highest BCUT2D eigenvalue weighted by Crippen LogP contribution is 2.29. The van der Waals surface area contributed by atoms with Gasteiger partial charge in [-0.2, -0.15) is 0 Å². The molecular formula is C23H29N7S. The second kappa shape index (κ2) is 9.28. The molecule has 3 aromatic heterocycles. The van der Waals surface area contributed by atoms with Gasteiger partial charge in [-0.1, -0.05) is 6.07 Å². The maximum absolute atomic E-state index is 4.88. The number of aryl methyl sites for hydroxylation is 1. The number of nitrogens with one attached hydrogen (secondary N) is 1. The summed E-state index contributed by atoms with van der Waals surface area (Å²) in [4.78, 5) is 24.6. The van der Waals surface area contributed by atoms with Crippen LogP contribution in [-0.2, 0) is 6.54 Å². The summed E-state index contributed by atoms with van der Waals surface area (Å²) >= 11 is 1.65. The molecule has 162 valence electrons. The van der Waals surface area contributed by atoms with E-state index in [-0.39, 0.29) is 0 Å². The lowest BCUT2D eigenvalue weighted by Crippen LogP contribution is -2.33. The topological polar surface area (TPSA) is 70.1 Å². The van der Waals surface area contributed by atoms with Gasteiger partial charge in [0.2, 0.25) is 5.95 Å². The maximum atomic E-state index is 4.88. The summed E-state index contributed by atoms with van der Waals surface area (Å²) in [5, 5.41) is 4.24. The monoisotopic (exact) mass is 435 g/mol. The van der Waals surface area contributed by atoms with Crippen LogP contribution in [0.25, 0.3) is 0 Å². The predicted octanol–water partition coefficient (Wildman–Crippen LogP) is 4.36. The molecule has 31 heavy (non-hydrogen) atoms. The van der Waals surface area contributed by atoms with E-state index in [2.05, 4.69) is 50.2 Å². The lowest BCUT2D eigenvalue weighted by atomic mass is 9.93. The fraction of sp³-hybridized carbons (Fsp3) is 0.478. The number of anilines is 3. The molecule has 0 aromatic carbocycles. The zero-order valence-corrected chi connectivity index (χ0v) is 18.8. The van der Waals surface area contributed by atoms with E-state index in [9.17, 15) is 0 Å². The first-order chi connectivity index (χ1) is 15.2. The summed E-state index contributed by atoms with van der Waals surface area (Å²) in [7, 11) is 0. The molecule has 0 unspecified atom stereocenters. The standard InChI is InChI=1S/C23H29N7S/c1-17-15-25-23(31-17)28-21-6-4-5-20(27-21)18-8-13-29(14-9-18)16-19-7-10-24-22(26-19)30-11-2-3-12-30/h4-7,10,15,18H,2-3,8-9,11-14,16H2,1H3,(H,25,27,28). The van der Waals surface area contributed by atoms with Crippen LogP contribution in [0.5, 0.6) is 0 Å². The van der Waals surface area contributed by atoms with Crippen molar-refractivity contribution in [2.45, 2.75) is 45.1 Å². The molecule has 0 bridgehead atoms. The van der Waals surface area contributed by atoms with Crippen LogP contribution in [0.1, 0.15) is 47.9 Å². The summed E-state index contributed by atoms with van der Waals surface area (Å²) in [5.74, 6) is 2.28. The minimum atomic E-state index is 0.501. The number of nitrogens with zero attached hydrogens (tertiary/aromatic N) is 6. The first kappa shape index (κ1) is 20.3.